The van der Waals surface area contributed by atoms with Crippen molar-refractivity contribution in [1.29, 1.82) is 0 Å². The van der Waals surface area contributed by atoms with Gasteiger partial charge in [-0.15, -0.1) is 0 Å². The highest BCUT2D eigenvalue weighted by Crippen LogP contribution is 2.27. The molecule has 0 radical (unpaired) electrons. The number of nitrogens with zero attached hydrogens (tertiary/aromatic N) is 3. The quantitative estimate of drug-likeness (QED) is 0.604. The molecule has 6 nitrogen and oxygen atoms in total. The molecular formula is C13H23N5O. The Hall–Kier alpha value is -0.950. The maximum Gasteiger partial charge on any atom is 0.129 e. The minimum Gasteiger partial charge on any atom is -0.373 e. The van der Waals surface area contributed by atoms with E-state index in [2.05, 4.69) is 26.8 Å². The lowest BCUT2D eigenvalue weighted by Crippen LogP contribution is -2.52. The van der Waals surface area contributed by atoms with E-state index in [-0.39, 0.29) is 12.1 Å². The maximum atomic E-state index is 6.03. The third kappa shape index (κ3) is 2.41. The van der Waals surface area contributed by atoms with E-state index in [1.807, 2.05) is 12.4 Å². The molecular weight excluding hydrogens is 242 g/mol. The third-order valence-electron chi connectivity index (χ3n) is 4.33. The SMILES string of the molecule is CCn1ccnc1C(NN)C1CN2CCCC2CO1. The highest BCUT2D eigenvalue weighted by molar-refractivity contribution is 5.04. The molecule has 3 unspecified atom stereocenters. The Labute approximate surface area is 113 Å². The summed E-state index contributed by atoms with van der Waals surface area (Å²) in [4.78, 5) is 6.97. The lowest BCUT2D eigenvalue weighted by molar-refractivity contribution is -0.0669. The molecule has 0 aromatic carbocycles. The summed E-state index contributed by atoms with van der Waals surface area (Å²) in [6, 6.07) is 0.567. The minimum absolute atomic E-state index is 0.0449. The van der Waals surface area contributed by atoms with Crippen molar-refractivity contribution in [2.24, 2.45) is 5.84 Å². The number of morpholine rings is 1. The fourth-order valence-corrected chi connectivity index (χ4v) is 3.26. The van der Waals surface area contributed by atoms with Crippen LogP contribution in [-0.4, -0.2) is 46.3 Å². The molecule has 2 fully saturated rings. The molecule has 3 N–H and O–H groups in total. The van der Waals surface area contributed by atoms with Gasteiger partial charge in [-0.25, -0.2) is 10.4 Å². The van der Waals surface area contributed by atoms with Gasteiger partial charge >= 0.3 is 0 Å². The molecule has 2 aliphatic rings. The zero-order valence-electron chi connectivity index (χ0n) is 11.5. The molecule has 19 heavy (non-hydrogen) atoms. The van der Waals surface area contributed by atoms with Crippen molar-refractivity contribution in [1.82, 2.24) is 19.9 Å². The summed E-state index contributed by atoms with van der Waals surface area (Å²) in [5, 5.41) is 0. The van der Waals surface area contributed by atoms with Crippen LogP contribution < -0.4 is 11.3 Å². The van der Waals surface area contributed by atoms with Gasteiger partial charge in [0.1, 0.15) is 11.9 Å². The number of aromatic nitrogens is 2. The molecule has 0 aliphatic carbocycles. The Morgan fingerprint density at radius 3 is 3.32 bits per heavy atom. The molecule has 3 rings (SSSR count). The van der Waals surface area contributed by atoms with Gasteiger partial charge in [0.25, 0.3) is 0 Å². The van der Waals surface area contributed by atoms with Gasteiger partial charge in [-0.2, -0.15) is 0 Å². The van der Waals surface area contributed by atoms with Crippen LogP contribution in [0.1, 0.15) is 31.6 Å². The predicted octanol–water partition coefficient (Wildman–Crippen LogP) is 0.271. The Morgan fingerprint density at radius 2 is 2.53 bits per heavy atom. The number of ether oxygens (including phenoxy) is 1. The maximum absolute atomic E-state index is 6.03. The molecule has 0 spiro atoms. The van der Waals surface area contributed by atoms with Gasteiger partial charge < -0.3 is 9.30 Å². The molecule has 0 amide bonds. The second-order valence-corrected chi connectivity index (χ2v) is 5.38. The molecule has 2 aliphatic heterocycles. The fourth-order valence-electron chi connectivity index (χ4n) is 3.26. The molecule has 1 aromatic rings. The number of hydrogen-bond donors (Lipinski definition) is 2. The summed E-state index contributed by atoms with van der Waals surface area (Å²) < 4.78 is 8.15. The molecule has 6 heteroatoms. The Kier molecular flexibility index (Phi) is 3.83. The zero-order chi connectivity index (χ0) is 13.2. The lowest BCUT2D eigenvalue weighted by atomic mass is 10.1. The summed E-state index contributed by atoms with van der Waals surface area (Å²) in [6.07, 6.45) is 6.43. The standard InChI is InChI=1S/C13H23N5O/c1-2-17-7-5-15-13(17)12(16-14)11-8-18-6-3-4-10(18)9-19-11/h5,7,10-12,16H,2-4,6,8-9,14H2,1H3. The number of aryl methyl sites for hydroxylation is 1. The van der Waals surface area contributed by atoms with E-state index in [0.29, 0.717) is 6.04 Å². The van der Waals surface area contributed by atoms with Crippen LogP contribution in [0.4, 0.5) is 0 Å². The average molecular weight is 265 g/mol. The van der Waals surface area contributed by atoms with Crippen LogP contribution in [0.25, 0.3) is 0 Å². The normalized spacial score (nSPS) is 29.4. The van der Waals surface area contributed by atoms with Crippen molar-refractivity contribution in [3.05, 3.63) is 18.2 Å². The number of fused-ring (bicyclic) bond motifs is 1. The van der Waals surface area contributed by atoms with Gasteiger partial charge in [0, 0.05) is 31.5 Å². The lowest BCUT2D eigenvalue weighted by Gasteiger charge is -2.38. The van der Waals surface area contributed by atoms with Crippen molar-refractivity contribution in [2.75, 3.05) is 19.7 Å². The third-order valence-corrected chi connectivity index (χ3v) is 4.33. The second-order valence-electron chi connectivity index (χ2n) is 5.38. The monoisotopic (exact) mass is 265 g/mol. The first kappa shape index (κ1) is 13.1. The first-order valence-electron chi connectivity index (χ1n) is 7.16. The van der Waals surface area contributed by atoms with Crippen molar-refractivity contribution in [3.63, 3.8) is 0 Å². The second kappa shape index (κ2) is 5.58. The van der Waals surface area contributed by atoms with Crippen LogP contribution in [0.3, 0.4) is 0 Å². The molecule has 0 saturated carbocycles. The minimum atomic E-state index is -0.0449. The fraction of sp³-hybridized carbons (Fsp3) is 0.769. The summed E-state index contributed by atoms with van der Waals surface area (Å²) in [7, 11) is 0. The van der Waals surface area contributed by atoms with Crippen molar-refractivity contribution in [2.45, 2.75) is 44.5 Å². The summed E-state index contributed by atoms with van der Waals surface area (Å²) in [5.41, 5.74) is 2.89. The van der Waals surface area contributed by atoms with Gasteiger partial charge in [-0.05, 0) is 26.3 Å². The highest BCUT2D eigenvalue weighted by Gasteiger charge is 2.37. The number of rotatable bonds is 4. The van der Waals surface area contributed by atoms with E-state index < -0.39 is 0 Å². The molecule has 3 heterocycles. The van der Waals surface area contributed by atoms with Crippen molar-refractivity contribution >= 4 is 0 Å². The first-order valence-corrected chi connectivity index (χ1v) is 7.16. The molecule has 1 aromatic heterocycles. The highest BCUT2D eigenvalue weighted by atomic mass is 16.5. The van der Waals surface area contributed by atoms with Crippen LogP contribution in [0.15, 0.2) is 12.4 Å². The Morgan fingerprint density at radius 1 is 1.63 bits per heavy atom. The number of nitrogens with one attached hydrogen (secondary N) is 1. The number of imidazole rings is 1. The molecule has 0 bridgehead atoms. The van der Waals surface area contributed by atoms with E-state index in [4.69, 9.17) is 10.6 Å². The summed E-state index contributed by atoms with van der Waals surface area (Å²) in [6.45, 7) is 5.94. The van der Waals surface area contributed by atoms with Crippen molar-refractivity contribution in [3.8, 4) is 0 Å². The number of nitrogens with two attached hydrogens (primary N) is 1. The van der Waals surface area contributed by atoms with Crippen LogP contribution in [0.5, 0.6) is 0 Å². The van der Waals surface area contributed by atoms with E-state index in [0.717, 1.165) is 25.5 Å². The Bertz CT molecular complexity index is 421. The number of hydrazine groups is 1. The molecule has 2 saturated heterocycles. The van der Waals surface area contributed by atoms with Gasteiger partial charge in [0.05, 0.1) is 12.7 Å². The Balaban J connectivity index is 1.75. The van der Waals surface area contributed by atoms with Gasteiger partial charge in [0.15, 0.2) is 0 Å². The van der Waals surface area contributed by atoms with Crippen LogP contribution >= 0.6 is 0 Å². The van der Waals surface area contributed by atoms with Gasteiger partial charge in [-0.1, -0.05) is 0 Å². The summed E-state index contributed by atoms with van der Waals surface area (Å²) >= 11 is 0. The van der Waals surface area contributed by atoms with Gasteiger partial charge in [-0.3, -0.25) is 10.7 Å². The van der Waals surface area contributed by atoms with E-state index in [9.17, 15) is 0 Å². The van der Waals surface area contributed by atoms with Crippen LogP contribution in [-0.2, 0) is 11.3 Å². The number of hydrogen-bond acceptors (Lipinski definition) is 5. The van der Waals surface area contributed by atoms with E-state index >= 15 is 0 Å². The largest absolute Gasteiger partial charge is 0.373 e. The smallest absolute Gasteiger partial charge is 0.129 e. The predicted molar refractivity (Wildman–Crippen MR) is 72.3 cm³/mol. The van der Waals surface area contributed by atoms with Crippen molar-refractivity contribution < 1.29 is 4.74 Å². The topological polar surface area (TPSA) is 68.3 Å². The zero-order valence-corrected chi connectivity index (χ0v) is 11.5. The average Bonchev–Trinajstić information content (AvgIpc) is 3.07. The van der Waals surface area contributed by atoms with E-state index in [1.165, 1.54) is 19.4 Å². The van der Waals surface area contributed by atoms with Crippen LogP contribution in [0.2, 0.25) is 0 Å². The summed E-state index contributed by atoms with van der Waals surface area (Å²) in [5.74, 6) is 6.72. The first-order chi connectivity index (χ1) is 9.33. The van der Waals surface area contributed by atoms with E-state index in [1.54, 1.807) is 0 Å². The molecule has 106 valence electrons. The van der Waals surface area contributed by atoms with Gasteiger partial charge in [0.2, 0.25) is 0 Å². The molecule has 3 atom stereocenters. The van der Waals surface area contributed by atoms with Crippen LogP contribution in [0, 0.1) is 0 Å².